The summed E-state index contributed by atoms with van der Waals surface area (Å²) in [7, 11) is 0. The van der Waals surface area contributed by atoms with E-state index in [1.165, 1.54) is 6.07 Å². The first kappa shape index (κ1) is 19.7. The third-order valence-corrected chi connectivity index (χ3v) is 5.47. The fraction of sp³-hybridized carbons (Fsp3) is 0.700. The average Bonchev–Trinajstić information content (AvgIpc) is 2.54. The summed E-state index contributed by atoms with van der Waals surface area (Å²) in [5.41, 5.74) is -0.293. The molecule has 2 rings (SSSR count). The summed E-state index contributed by atoms with van der Waals surface area (Å²) in [4.78, 5) is 2.45. The number of rotatable bonds is 8. The fourth-order valence-electron chi connectivity index (χ4n) is 4.04. The second-order valence-electron chi connectivity index (χ2n) is 7.26. The van der Waals surface area contributed by atoms with Gasteiger partial charge in [-0.3, -0.25) is 0 Å². The maximum Gasteiger partial charge on any atom is 0.126 e. The molecule has 1 aliphatic rings. The van der Waals surface area contributed by atoms with Crippen molar-refractivity contribution in [1.29, 1.82) is 0 Å². The maximum atomic E-state index is 14.1. The Balaban J connectivity index is 2.15. The van der Waals surface area contributed by atoms with E-state index in [1.54, 1.807) is 12.1 Å². The molecule has 0 aromatic heterocycles. The van der Waals surface area contributed by atoms with Gasteiger partial charge in [0.1, 0.15) is 5.82 Å². The molecule has 2 nitrogen and oxygen atoms in total. The van der Waals surface area contributed by atoms with E-state index >= 15 is 0 Å². The minimum absolute atomic E-state index is 0.197. The van der Waals surface area contributed by atoms with Crippen LogP contribution >= 0.6 is 11.6 Å². The Hall–Kier alpha value is -0.640. The van der Waals surface area contributed by atoms with Gasteiger partial charge >= 0.3 is 0 Å². The largest absolute Gasteiger partial charge is 0.389 e. The fourth-order valence-corrected chi connectivity index (χ4v) is 4.23. The van der Waals surface area contributed by atoms with E-state index in [0.717, 1.165) is 58.2 Å². The lowest BCUT2D eigenvalue weighted by Crippen LogP contribution is -2.48. The molecule has 1 fully saturated rings. The molecule has 4 heteroatoms. The molecule has 2 atom stereocenters. The van der Waals surface area contributed by atoms with Crippen LogP contribution in [-0.2, 0) is 6.42 Å². The van der Waals surface area contributed by atoms with Gasteiger partial charge in [0.25, 0.3) is 0 Å². The molecule has 0 bridgehead atoms. The molecule has 24 heavy (non-hydrogen) atoms. The van der Waals surface area contributed by atoms with E-state index in [2.05, 4.69) is 18.7 Å². The van der Waals surface area contributed by atoms with Crippen LogP contribution in [0.25, 0.3) is 0 Å². The predicted octanol–water partition coefficient (Wildman–Crippen LogP) is 5.06. The van der Waals surface area contributed by atoms with Crippen molar-refractivity contribution < 1.29 is 9.50 Å². The molecule has 1 aliphatic carbocycles. The van der Waals surface area contributed by atoms with E-state index in [-0.39, 0.29) is 11.7 Å². The van der Waals surface area contributed by atoms with Crippen molar-refractivity contribution in [3.05, 3.63) is 34.6 Å². The zero-order valence-corrected chi connectivity index (χ0v) is 15.8. The molecule has 0 aliphatic heterocycles. The van der Waals surface area contributed by atoms with Crippen LogP contribution in [0.4, 0.5) is 4.39 Å². The molecule has 1 aromatic rings. The van der Waals surface area contributed by atoms with Crippen molar-refractivity contribution in [3.8, 4) is 0 Å². The van der Waals surface area contributed by atoms with Crippen LogP contribution in [0.5, 0.6) is 0 Å². The minimum atomic E-state index is -0.830. The highest BCUT2D eigenvalue weighted by Crippen LogP contribution is 2.38. The van der Waals surface area contributed by atoms with E-state index < -0.39 is 5.60 Å². The van der Waals surface area contributed by atoms with Crippen molar-refractivity contribution in [2.24, 2.45) is 5.92 Å². The number of hydrogen-bond donors (Lipinski definition) is 1. The third-order valence-electron chi connectivity index (χ3n) is 5.23. The zero-order chi connectivity index (χ0) is 17.6. The number of benzene rings is 1. The molecule has 1 aromatic carbocycles. The van der Waals surface area contributed by atoms with Crippen LogP contribution in [0.2, 0.25) is 5.02 Å². The van der Waals surface area contributed by atoms with Crippen LogP contribution in [0, 0.1) is 11.7 Å². The Morgan fingerprint density at radius 3 is 2.62 bits per heavy atom. The number of halogens is 2. The van der Waals surface area contributed by atoms with E-state index in [4.69, 9.17) is 11.6 Å². The molecule has 1 N–H and O–H groups in total. The Kier molecular flexibility index (Phi) is 7.52. The van der Waals surface area contributed by atoms with Gasteiger partial charge in [0.2, 0.25) is 0 Å². The summed E-state index contributed by atoms with van der Waals surface area (Å²) in [5.74, 6) is -0.0705. The molecule has 0 unspecified atom stereocenters. The number of nitrogens with zero attached hydrogens (tertiary/aromatic N) is 1. The lowest BCUT2D eigenvalue weighted by atomic mass is 9.72. The first-order valence-corrected chi connectivity index (χ1v) is 9.75. The van der Waals surface area contributed by atoms with Gasteiger partial charge in [-0.05, 0) is 62.5 Å². The van der Waals surface area contributed by atoms with Crippen LogP contribution < -0.4 is 0 Å². The van der Waals surface area contributed by atoms with Crippen LogP contribution in [0.15, 0.2) is 18.2 Å². The second kappa shape index (κ2) is 9.17. The van der Waals surface area contributed by atoms with Gasteiger partial charge in [0.05, 0.1) is 5.60 Å². The smallest absolute Gasteiger partial charge is 0.126 e. The van der Waals surface area contributed by atoms with E-state index in [9.17, 15) is 9.50 Å². The lowest BCUT2D eigenvalue weighted by molar-refractivity contribution is -0.0596. The first-order valence-electron chi connectivity index (χ1n) is 9.37. The number of aliphatic hydroxyl groups is 1. The van der Waals surface area contributed by atoms with Crippen molar-refractivity contribution in [3.63, 3.8) is 0 Å². The summed E-state index contributed by atoms with van der Waals surface area (Å²) in [6.07, 6.45) is 6.52. The topological polar surface area (TPSA) is 23.5 Å². The normalized spacial score (nSPS) is 24.5. The molecule has 0 heterocycles. The molecular formula is C20H31ClFNO. The molecule has 1 saturated carbocycles. The molecule has 0 amide bonds. The van der Waals surface area contributed by atoms with Gasteiger partial charge in [-0.15, -0.1) is 0 Å². The molecule has 0 radical (unpaired) electrons. The molecular weight excluding hydrogens is 325 g/mol. The van der Waals surface area contributed by atoms with Crippen molar-refractivity contribution in [1.82, 2.24) is 4.90 Å². The van der Waals surface area contributed by atoms with Gasteiger partial charge in [0.15, 0.2) is 0 Å². The average molecular weight is 356 g/mol. The van der Waals surface area contributed by atoms with Crippen molar-refractivity contribution >= 4 is 11.6 Å². The first-order chi connectivity index (χ1) is 11.5. The van der Waals surface area contributed by atoms with Gasteiger partial charge in [-0.2, -0.15) is 0 Å². The van der Waals surface area contributed by atoms with E-state index in [1.807, 2.05) is 0 Å². The zero-order valence-electron chi connectivity index (χ0n) is 15.0. The Bertz CT molecular complexity index is 518. The van der Waals surface area contributed by atoms with E-state index in [0.29, 0.717) is 17.0 Å². The Labute approximate surface area is 151 Å². The van der Waals surface area contributed by atoms with Crippen molar-refractivity contribution in [2.75, 3.05) is 19.6 Å². The quantitative estimate of drug-likeness (QED) is 0.704. The standard InChI is InChI=1S/C20H31ClFNO/c1-3-11-23(12-4-2)15-17-7-5-6-10-20(17,24)14-16-13-18(21)8-9-19(16)22/h8-9,13,17,24H,3-7,10-12,14-15H2,1-2H3/t17-,20+/m1/s1. The van der Waals surface area contributed by atoms with Crippen molar-refractivity contribution in [2.45, 2.75) is 64.4 Å². The van der Waals surface area contributed by atoms with Gasteiger partial charge in [0, 0.05) is 23.9 Å². The number of hydrogen-bond acceptors (Lipinski definition) is 2. The summed E-state index contributed by atoms with van der Waals surface area (Å²) >= 11 is 6.03. The Morgan fingerprint density at radius 2 is 1.96 bits per heavy atom. The summed E-state index contributed by atoms with van der Waals surface area (Å²) in [5, 5.41) is 11.9. The summed E-state index contributed by atoms with van der Waals surface area (Å²) in [6.45, 7) is 7.41. The molecule has 136 valence electrons. The summed E-state index contributed by atoms with van der Waals surface area (Å²) < 4.78 is 14.1. The van der Waals surface area contributed by atoms with Crippen LogP contribution in [0.3, 0.4) is 0 Å². The van der Waals surface area contributed by atoms with Gasteiger partial charge in [-0.25, -0.2) is 4.39 Å². The maximum absolute atomic E-state index is 14.1. The van der Waals surface area contributed by atoms with Gasteiger partial charge < -0.3 is 10.0 Å². The SMILES string of the molecule is CCCN(CCC)C[C@H]1CCCC[C@]1(O)Cc1cc(Cl)ccc1F. The second-order valence-corrected chi connectivity index (χ2v) is 7.70. The lowest BCUT2D eigenvalue weighted by Gasteiger charge is -2.42. The summed E-state index contributed by atoms with van der Waals surface area (Å²) in [6, 6.07) is 4.63. The minimum Gasteiger partial charge on any atom is -0.389 e. The highest BCUT2D eigenvalue weighted by molar-refractivity contribution is 6.30. The highest BCUT2D eigenvalue weighted by atomic mass is 35.5. The van der Waals surface area contributed by atoms with Gasteiger partial charge in [-0.1, -0.05) is 38.3 Å². The molecule has 0 spiro atoms. The monoisotopic (exact) mass is 355 g/mol. The third kappa shape index (κ3) is 5.18. The van der Waals surface area contributed by atoms with Crippen LogP contribution in [-0.4, -0.2) is 35.2 Å². The van der Waals surface area contributed by atoms with Crippen LogP contribution in [0.1, 0.15) is 57.9 Å². The Morgan fingerprint density at radius 1 is 1.25 bits per heavy atom. The highest BCUT2D eigenvalue weighted by Gasteiger charge is 2.40. The molecule has 0 saturated heterocycles. The predicted molar refractivity (Wildman–Crippen MR) is 99.0 cm³/mol.